The van der Waals surface area contributed by atoms with Crippen molar-refractivity contribution in [3.05, 3.63) is 22.4 Å². The molecule has 2 aromatic heterocycles. The topological polar surface area (TPSA) is 12.0 Å². The minimum Gasteiger partial charge on any atom is -0.309 e. The lowest BCUT2D eigenvalue weighted by Gasteiger charge is -2.21. The molecule has 1 nitrogen and oxygen atoms in total. The van der Waals surface area contributed by atoms with Gasteiger partial charge in [0.1, 0.15) is 0 Å². The normalized spacial score (nSPS) is 14.9. The maximum Gasteiger partial charge on any atom is 0.0454 e. The summed E-state index contributed by atoms with van der Waals surface area (Å²) in [5.74, 6) is 0.805. The summed E-state index contributed by atoms with van der Waals surface area (Å²) in [5.41, 5.74) is 0. The number of fused-ring (bicyclic) bond motifs is 1. The van der Waals surface area contributed by atoms with Crippen molar-refractivity contribution in [1.82, 2.24) is 5.32 Å². The number of hydrogen-bond acceptors (Lipinski definition) is 3. The Morgan fingerprint density at radius 1 is 1.21 bits per heavy atom. The number of hydrogen-bond donors (Lipinski definition) is 1. The lowest BCUT2D eigenvalue weighted by atomic mass is 9.96. The molecule has 2 heterocycles. The van der Waals surface area contributed by atoms with E-state index in [4.69, 9.17) is 0 Å². The van der Waals surface area contributed by atoms with Crippen molar-refractivity contribution in [3.8, 4) is 0 Å². The Balaban J connectivity index is 2.09. The monoisotopic (exact) mass is 295 g/mol. The molecule has 0 bridgehead atoms. The van der Waals surface area contributed by atoms with Crippen LogP contribution in [0.1, 0.15) is 57.4 Å². The second-order valence-electron chi connectivity index (χ2n) is 5.43. The molecule has 1 N–H and O–H groups in total. The van der Waals surface area contributed by atoms with E-state index in [1.807, 2.05) is 22.7 Å². The summed E-state index contributed by atoms with van der Waals surface area (Å²) in [5, 5.41) is 5.93. The van der Waals surface area contributed by atoms with Crippen LogP contribution >= 0.6 is 22.7 Å². The van der Waals surface area contributed by atoms with Crippen LogP contribution in [0.3, 0.4) is 0 Å². The minimum atomic E-state index is 0.547. The van der Waals surface area contributed by atoms with Gasteiger partial charge in [0.15, 0.2) is 0 Å². The van der Waals surface area contributed by atoms with E-state index >= 15 is 0 Å². The highest BCUT2D eigenvalue weighted by Crippen LogP contribution is 2.36. The third kappa shape index (κ3) is 4.04. The zero-order valence-electron chi connectivity index (χ0n) is 12.2. The van der Waals surface area contributed by atoms with E-state index in [1.54, 1.807) is 0 Å². The van der Waals surface area contributed by atoms with Gasteiger partial charge in [0, 0.05) is 20.3 Å². The highest BCUT2D eigenvalue weighted by atomic mass is 32.1. The van der Waals surface area contributed by atoms with Crippen molar-refractivity contribution in [1.29, 1.82) is 0 Å². The van der Waals surface area contributed by atoms with Crippen molar-refractivity contribution < 1.29 is 0 Å². The summed E-state index contributed by atoms with van der Waals surface area (Å²) in [6.45, 7) is 8.04. The predicted molar refractivity (Wildman–Crippen MR) is 89.4 cm³/mol. The molecule has 0 saturated carbocycles. The SMILES string of the molecule is CCCNC(CC(C)CCC)c1cc2sccc2s1. The Bertz CT molecular complexity index is 457. The average molecular weight is 296 g/mol. The molecule has 0 aliphatic rings. The summed E-state index contributed by atoms with van der Waals surface area (Å²) < 4.78 is 2.90. The van der Waals surface area contributed by atoms with Crippen LogP contribution < -0.4 is 5.32 Å². The average Bonchev–Trinajstić information content (AvgIpc) is 2.95. The molecule has 0 aromatic carbocycles. The van der Waals surface area contributed by atoms with Crippen molar-refractivity contribution in [2.24, 2.45) is 5.92 Å². The fraction of sp³-hybridized carbons (Fsp3) is 0.625. The van der Waals surface area contributed by atoms with Gasteiger partial charge in [-0.15, -0.1) is 22.7 Å². The molecule has 0 aliphatic heterocycles. The second-order valence-corrected chi connectivity index (χ2v) is 7.50. The standard InChI is InChI=1S/C16H25NS2/c1-4-6-12(3)10-13(17-8-5-2)15-11-16-14(19-15)7-9-18-16/h7,9,11-13,17H,4-6,8,10H2,1-3H3. The molecular weight excluding hydrogens is 270 g/mol. The zero-order valence-corrected chi connectivity index (χ0v) is 13.9. The summed E-state index contributed by atoms with van der Waals surface area (Å²) in [4.78, 5) is 1.53. The molecular formula is C16H25NS2. The molecule has 0 radical (unpaired) electrons. The van der Waals surface area contributed by atoms with Crippen LogP contribution in [0.4, 0.5) is 0 Å². The lowest BCUT2D eigenvalue weighted by Crippen LogP contribution is -2.23. The van der Waals surface area contributed by atoms with E-state index < -0.39 is 0 Å². The van der Waals surface area contributed by atoms with Gasteiger partial charge in [-0.3, -0.25) is 0 Å². The first-order valence-corrected chi connectivity index (χ1v) is 9.14. The van der Waals surface area contributed by atoms with Gasteiger partial charge in [-0.25, -0.2) is 0 Å². The van der Waals surface area contributed by atoms with Gasteiger partial charge in [-0.2, -0.15) is 0 Å². The molecule has 0 fully saturated rings. The molecule has 0 spiro atoms. The number of thiophene rings is 2. The highest BCUT2D eigenvalue weighted by molar-refractivity contribution is 7.26. The van der Waals surface area contributed by atoms with Gasteiger partial charge in [0.2, 0.25) is 0 Å². The van der Waals surface area contributed by atoms with Gasteiger partial charge in [0.25, 0.3) is 0 Å². The molecule has 0 saturated heterocycles. The summed E-state index contributed by atoms with van der Waals surface area (Å²) in [6.07, 6.45) is 5.10. The van der Waals surface area contributed by atoms with Gasteiger partial charge in [-0.1, -0.05) is 33.6 Å². The van der Waals surface area contributed by atoms with E-state index in [9.17, 15) is 0 Å². The van der Waals surface area contributed by atoms with Crippen LogP contribution in [-0.2, 0) is 0 Å². The molecule has 106 valence electrons. The van der Waals surface area contributed by atoms with Crippen molar-refractivity contribution >= 4 is 32.1 Å². The smallest absolute Gasteiger partial charge is 0.0454 e. The van der Waals surface area contributed by atoms with Gasteiger partial charge in [-0.05, 0) is 42.8 Å². The predicted octanol–water partition coefficient (Wildman–Crippen LogP) is 5.83. The Morgan fingerprint density at radius 2 is 2.05 bits per heavy atom. The minimum absolute atomic E-state index is 0.547. The third-order valence-electron chi connectivity index (χ3n) is 3.56. The Hall–Kier alpha value is -0.380. The van der Waals surface area contributed by atoms with Crippen LogP contribution in [0, 0.1) is 5.92 Å². The molecule has 3 heteroatoms. The van der Waals surface area contributed by atoms with Gasteiger partial charge >= 0.3 is 0 Å². The molecule has 2 unspecified atom stereocenters. The highest BCUT2D eigenvalue weighted by Gasteiger charge is 2.17. The fourth-order valence-corrected chi connectivity index (χ4v) is 4.80. The molecule has 2 atom stereocenters. The second kappa shape index (κ2) is 7.41. The summed E-state index contributed by atoms with van der Waals surface area (Å²) >= 11 is 3.83. The van der Waals surface area contributed by atoms with E-state index in [2.05, 4.69) is 43.6 Å². The molecule has 0 aliphatic carbocycles. The van der Waals surface area contributed by atoms with Crippen molar-refractivity contribution in [2.45, 2.75) is 52.5 Å². The third-order valence-corrected chi connectivity index (χ3v) is 5.77. The first kappa shape index (κ1) is 15.0. The maximum atomic E-state index is 3.74. The van der Waals surface area contributed by atoms with Gasteiger partial charge < -0.3 is 5.32 Å². The summed E-state index contributed by atoms with van der Waals surface area (Å²) in [7, 11) is 0. The van der Waals surface area contributed by atoms with Crippen molar-refractivity contribution in [3.63, 3.8) is 0 Å². The summed E-state index contributed by atoms with van der Waals surface area (Å²) in [6, 6.07) is 5.20. The quantitative estimate of drug-likeness (QED) is 0.646. The van der Waals surface area contributed by atoms with Crippen LogP contribution in [-0.4, -0.2) is 6.54 Å². The van der Waals surface area contributed by atoms with E-state index in [0.29, 0.717) is 6.04 Å². The molecule has 0 amide bonds. The van der Waals surface area contributed by atoms with Gasteiger partial charge in [0.05, 0.1) is 0 Å². The fourth-order valence-electron chi connectivity index (χ4n) is 2.59. The van der Waals surface area contributed by atoms with Crippen molar-refractivity contribution in [2.75, 3.05) is 6.54 Å². The lowest BCUT2D eigenvalue weighted by molar-refractivity contribution is 0.394. The van der Waals surface area contributed by atoms with Crippen LogP contribution in [0.15, 0.2) is 17.5 Å². The number of nitrogens with one attached hydrogen (secondary N) is 1. The maximum absolute atomic E-state index is 3.74. The first-order chi connectivity index (χ1) is 9.24. The van der Waals surface area contributed by atoms with E-state index in [0.717, 1.165) is 12.5 Å². The zero-order chi connectivity index (χ0) is 13.7. The molecule has 19 heavy (non-hydrogen) atoms. The number of rotatable bonds is 8. The Labute approximate surface area is 125 Å². The Morgan fingerprint density at radius 3 is 2.74 bits per heavy atom. The largest absolute Gasteiger partial charge is 0.309 e. The van der Waals surface area contributed by atoms with Crippen LogP contribution in [0.25, 0.3) is 9.40 Å². The van der Waals surface area contributed by atoms with Crippen LogP contribution in [0.2, 0.25) is 0 Å². The van der Waals surface area contributed by atoms with E-state index in [1.165, 1.54) is 40.0 Å². The molecule has 2 rings (SSSR count). The Kier molecular flexibility index (Phi) is 5.86. The first-order valence-electron chi connectivity index (χ1n) is 7.44. The van der Waals surface area contributed by atoms with Crippen LogP contribution in [0.5, 0.6) is 0 Å². The van der Waals surface area contributed by atoms with E-state index in [-0.39, 0.29) is 0 Å². The molecule has 2 aromatic rings.